The van der Waals surface area contributed by atoms with Crippen LogP contribution in [0, 0.1) is 0 Å². The maximum absolute atomic E-state index is 6.92. The van der Waals surface area contributed by atoms with Crippen LogP contribution in [0.3, 0.4) is 0 Å². The van der Waals surface area contributed by atoms with Gasteiger partial charge in [-0.3, -0.25) is 0 Å². The first-order chi connectivity index (χ1) is 7.98. The highest BCUT2D eigenvalue weighted by atomic mass is 35.5. The van der Waals surface area contributed by atoms with Crippen molar-refractivity contribution in [2.45, 2.75) is 0 Å². The van der Waals surface area contributed by atoms with Crippen molar-refractivity contribution >= 4 is 23.2 Å². The van der Waals surface area contributed by atoms with Gasteiger partial charge in [-0.2, -0.15) is 0 Å². The van der Waals surface area contributed by atoms with Gasteiger partial charge >= 0.3 is 0 Å². The van der Waals surface area contributed by atoms with E-state index in [1.165, 1.54) is 0 Å². The molecule has 0 radical (unpaired) electrons. The third-order valence-corrected chi connectivity index (χ3v) is 1.80. The van der Waals surface area contributed by atoms with E-state index in [-0.39, 0.29) is 21.5 Å². The highest BCUT2D eigenvalue weighted by Gasteiger charge is 2.06. The topological polar surface area (TPSA) is 18.5 Å². The first-order valence-corrected chi connectivity index (χ1v) is 3.61. The molecule has 0 N–H and O–H groups in total. The zero-order chi connectivity index (χ0) is 14.1. The summed E-state index contributed by atoms with van der Waals surface area (Å²) in [6.45, 7) is 0. The predicted octanol–water partition coefficient (Wildman–Crippen LogP) is 3.01. The SMILES string of the molecule is [2H]C([2H])([2H])Oc1cc(Cl)c(OC([2H])([2H])[2H])cc1Cl. The summed E-state index contributed by atoms with van der Waals surface area (Å²) in [6, 6.07) is 2.16. The Balaban J connectivity index is 3.05. The van der Waals surface area contributed by atoms with Crippen LogP contribution in [0.25, 0.3) is 0 Å². The van der Waals surface area contributed by atoms with Gasteiger partial charge in [0.1, 0.15) is 11.5 Å². The predicted molar refractivity (Wildman–Crippen MR) is 49.6 cm³/mol. The van der Waals surface area contributed by atoms with Gasteiger partial charge in [0.05, 0.1) is 32.3 Å². The normalized spacial score (nSPS) is 19.2. The van der Waals surface area contributed by atoms with E-state index < -0.39 is 14.1 Å². The molecule has 0 saturated heterocycles. The molecule has 12 heavy (non-hydrogen) atoms. The van der Waals surface area contributed by atoms with Crippen LogP contribution in [0.15, 0.2) is 12.1 Å². The largest absolute Gasteiger partial charge is 0.495 e. The van der Waals surface area contributed by atoms with Gasteiger partial charge in [-0.15, -0.1) is 0 Å². The molecule has 4 heteroatoms. The van der Waals surface area contributed by atoms with Gasteiger partial charge in [-0.05, 0) is 0 Å². The minimum atomic E-state index is -2.68. The first-order valence-electron chi connectivity index (χ1n) is 5.85. The molecule has 2 nitrogen and oxygen atoms in total. The van der Waals surface area contributed by atoms with Crippen molar-refractivity contribution < 1.29 is 17.7 Å². The minimum Gasteiger partial charge on any atom is -0.495 e. The molecule has 0 aliphatic carbocycles. The highest BCUT2D eigenvalue weighted by Crippen LogP contribution is 2.35. The molecule has 0 heterocycles. The number of benzene rings is 1. The Hall–Kier alpha value is -0.600. The average Bonchev–Trinajstić information content (AvgIpc) is 2.08. The van der Waals surface area contributed by atoms with Crippen molar-refractivity contribution in [1.29, 1.82) is 0 Å². The quantitative estimate of drug-likeness (QED) is 0.751. The first kappa shape index (κ1) is 4.07. The molecule has 0 aliphatic rings. The fourth-order valence-electron chi connectivity index (χ4n) is 0.667. The van der Waals surface area contributed by atoms with Crippen molar-refractivity contribution in [2.24, 2.45) is 0 Å². The van der Waals surface area contributed by atoms with Gasteiger partial charge in [-0.25, -0.2) is 0 Å². The van der Waals surface area contributed by atoms with Crippen LogP contribution < -0.4 is 9.47 Å². The Morgan fingerprint density at radius 3 is 1.83 bits per heavy atom. The van der Waals surface area contributed by atoms with E-state index in [9.17, 15) is 0 Å². The molecule has 0 aliphatic heterocycles. The molecule has 1 rings (SSSR count). The molecule has 0 amide bonds. The molecule has 1 aromatic rings. The Labute approximate surface area is 89.4 Å². The van der Waals surface area contributed by atoms with Crippen molar-refractivity contribution in [1.82, 2.24) is 0 Å². The highest BCUT2D eigenvalue weighted by molar-refractivity contribution is 6.35. The van der Waals surface area contributed by atoms with E-state index in [4.69, 9.17) is 31.4 Å². The molecular weight excluding hydrogens is 199 g/mol. The third-order valence-electron chi connectivity index (χ3n) is 1.21. The molecular formula is C8H8Cl2O2. The van der Waals surface area contributed by atoms with E-state index in [0.29, 0.717) is 0 Å². The second kappa shape index (κ2) is 3.87. The third kappa shape index (κ3) is 1.76. The Kier molecular flexibility index (Phi) is 1.32. The summed E-state index contributed by atoms with van der Waals surface area (Å²) in [5, 5.41) is -0.232. The number of methoxy groups -OCH3 is 2. The molecule has 0 bridgehead atoms. The summed E-state index contributed by atoms with van der Waals surface area (Å²) in [7, 11) is -5.36. The van der Waals surface area contributed by atoms with Crippen molar-refractivity contribution in [3.63, 3.8) is 0 Å². The van der Waals surface area contributed by atoms with Gasteiger partial charge < -0.3 is 9.47 Å². The van der Waals surface area contributed by atoms with Crippen molar-refractivity contribution in [2.75, 3.05) is 14.1 Å². The summed E-state index contributed by atoms with van der Waals surface area (Å²) < 4.78 is 50.7. The van der Waals surface area contributed by atoms with Gasteiger partial charge in [0, 0.05) is 12.1 Å². The van der Waals surface area contributed by atoms with Crippen LogP contribution in [0.4, 0.5) is 0 Å². The smallest absolute Gasteiger partial charge is 0.139 e. The van der Waals surface area contributed by atoms with Crippen molar-refractivity contribution in [3.8, 4) is 11.5 Å². The molecule has 1 aromatic carbocycles. The van der Waals surface area contributed by atoms with E-state index in [1.54, 1.807) is 0 Å². The number of hydrogen-bond acceptors (Lipinski definition) is 2. The van der Waals surface area contributed by atoms with Gasteiger partial charge in [0.2, 0.25) is 0 Å². The van der Waals surface area contributed by atoms with Crippen molar-refractivity contribution in [3.05, 3.63) is 22.2 Å². The maximum Gasteiger partial charge on any atom is 0.139 e. The van der Waals surface area contributed by atoms with Gasteiger partial charge in [0.15, 0.2) is 0 Å². The van der Waals surface area contributed by atoms with E-state index in [2.05, 4.69) is 9.47 Å². The lowest BCUT2D eigenvalue weighted by molar-refractivity contribution is 0.403. The minimum absolute atomic E-state index is 0.116. The zero-order valence-electron chi connectivity index (χ0n) is 11.7. The maximum atomic E-state index is 6.92. The number of halogens is 2. The number of hydrogen-bond donors (Lipinski definition) is 0. The molecule has 0 atom stereocenters. The number of ether oxygens (including phenoxy) is 2. The molecule has 0 fully saturated rings. The lowest BCUT2D eigenvalue weighted by Gasteiger charge is -2.06. The molecule has 66 valence electrons. The standard InChI is InChI=1S/C8H8Cl2O2/c1-11-7-3-6(10)8(12-2)4-5(7)9/h3-4H,1-2H3/i1D3,2D3. The summed E-state index contributed by atoms with van der Waals surface area (Å²) >= 11 is 11.5. The van der Waals surface area contributed by atoms with Crippen LogP contribution >= 0.6 is 23.2 Å². The molecule has 0 aromatic heterocycles. The molecule has 0 saturated carbocycles. The lowest BCUT2D eigenvalue weighted by atomic mass is 10.3. The fourth-order valence-corrected chi connectivity index (χ4v) is 1.05. The van der Waals surface area contributed by atoms with E-state index in [1.807, 2.05) is 0 Å². The Morgan fingerprint density at radius 1 is 1.08 bits per heavy atom. The Bertz CT molecular complexity index is 401. The van der Waals surface area contributed by atoms with E-state index in [0.717, 1.165) is 12.1 Å². The summed E-state index contributed by atoms with van der Waals surface area (Å²) in [4.78, 5) is 0. The zero-order valence-corrected chi connectivity index (χ0v) is 7.24. The Morgan fingerprint density at radius 2 is 1.50 bits per heavy atom. The summed E-state index contributed by atoms with van der Waals surface area (Å²) in [5.74, 6) is -0.362. The van der Waals surface area contributed by atoms with Gasteiger partial charge in [0.25, 0.3) is 0 Å². The van der Waals surface area contributed by atoms with Gasteiger partial charge in [-0.1, -0.05) is 23.2 Å². The fraction of sp³-hybridized carbons (Fsp3) is 0.250. The van der Waals surface area contributed by atoms with Crippen LogP contribution in [-0.4, -0.2) is 14.1 Å². The summed E-state index contributed by atoms with van der Waals surface area (Å²) in [5.41, 5.74) is 0. The lowest BCUT2D eigenvalue weighted by Crippen LogP contribution is -1.88. The van der Waals surface area contributed by atoms with Crippen LogP contribution in [0.2, 0.25) is 10.0 Å². The van der Waals surface area contributed by atoms with Crippen LogP contribution in [0.1, 0.15) is 8.22 Å². The second-order valence-electron chi connectivity index (χ2n) is 1.92. The number of rotatable bonds is 2. The second-order valence-corrected chi connectivity index (χ2v) is 2.73. The molecule has 0 unspecified atom stereocenters. The monoisotopic (exact) mass is 212 g/mol. The summed E-state index contributed by atoms with van der Waals surface area (Å²) in [6.07, 6.45) is 0. The van der Waals surface area contributed by atoms with Crippen LogP contribution in [-0.2, 0) is 0 Å². The average molecular weight is 213 g/mol. The molecule has 0 spiro atoms. The van der Waals surface area contributed by atoms with E-state index >= 15 is 0 Å². The van der Waals surface area contributed by atoms with Crippen LogP contribution in [0.5, 0.6) is 11.5 Å².